The van der Waals surface area contributed by atoms with Crippen LogP contribution < -0.4 is 15.5 Å². The Morgan fingerprint density at radius 3 is 2.75 bits per heavy atom. The molecule has 8 heteroatoms. The van der Waals surface area contributed by atoms with Gasteiger partial charge in [-0.1, -0.05) is 19.8 Å². The Balaban J connectivity index is 1.67. The van der Waals surface area contributed by atoms with Crippen molar-refractivity contribution in [3.63, 3.8) is 0 Å². The van der Waals surface area contributed by atoms with Crippen LogP contribution in [0.3, 0.4) is 0 Å². The number of β-amino-alcohol motifs (C(OH)–C–C–N with tert-alkyl or cyclic N) is 1. The summed E-state index contributed by atoms with van der Waals surface area (Å²) in [6.45, 7) is 6.74. The molecule has 2 atom stereocenters. The van der Waals surface area contributed by atoms with E-state index in [2.05, 4.69) is 27.5 Å². The van der Waals surface area contributed by atoms with Crippen molar-refractivity contribution >= 4 is 11.6 Å². The Labute approximate surface area is 166 Å². The van der Waals surface area contributed by atoms with Gasteiger partial charge in [0.15, 0.2) is 11.6 Å². The molecule has 0 amide bonds. The van der Waals surface area contributed by atoms with Gasteiger partial charge in [0.1, 0.15) is 11.9 Å². The minimum atomic E-state index is -1.30. The lowest BCUT2D eigenvalue weighted by Gasteiger charge is -2.37. The van der Waals surface area contributed by atoms with Crippen LogP contribution >= 0.6 is 0 Å². The lowest BCUT2D eigenvalue weighted by molar-refractivity contribution is -0.0821. The second kappa shape index (κ2) is 9.33. The van der Waals surface area contributed by atoms with Crippen LogP contribution in [0.4, 0.5) is 16.0 Å². The fraction of sp³-hybridized carbons (Fsp3) is 0.800. The van der Waals surface area contributed by atoms with Crippen LogP contribution in [0.5, 0.6) is 0 Å². The molecule has 0 unspecified atom stereocenters. The molecule has 2 aliphatic rings. The summed E-state index contributed by atoms with van der Waals surface area (Å²) in [6, 6.07) is 0. The number of halogens is 1. The van der Waals surface area contributed by atoms with Crippen molar-refractivity contribution in [1.29, 1.82) is 0 Å². The van der Waals surface area contributed by atoms with E-state index in [1.54, 1.807) is 0 Å². The van der Waals surface area contributed by atoms with Crippen molar-refractivity contribution in [3.8, 4) is 0 Å². The molecular weight excluding hydrogens is 361 g/mol. The molecule has 2 fully saturated rings. The van der Waals surface area contributed by atoms with Crippen molar-refractivity contribution in [1.82, 2.24) is 15.3 Å². The van der Waals surface area contributed by atoms with E-state index in [-0.39, 0.29) is 12.4 Å². The zero-order chi connectivity index (χ0) is 20.1. The summed E-state index contributed by atoms with van der Waals surface area (Å²) in [6.07, 6.45) is 5.66. The SMILES string of the molecule is CCN(C[C@H]1CC[C@H](C)CC1)c1ncnc(NC[C@@]2(O)CCNC[C@@H]2O)c1F. The monoisotopic (exact) mass is 395 g/mol. The number of nitrogens with zero attached hydrogens (tertiary/aromatic N) is 3. The van der Waals surface area contributed by atoms with E-state index < -0.39 is 17.5 Å². The quantitative estimate of drug-likeness (QED) is 0.559. The average Bonchev–Trinajstić information content (AvgIpc) is 2.69. The Morgan fingerprint density at radius 2 is 2.07 bits per heavy atom. The van der Waals surface area contributed by atoms with Gasteiger partial charge in [0, 0.05) is 26.2 Å². The summed E-state index contributed by atoms with van der Waals surface area (Å²) in [5, 5.41) is 26.6. The van der Waals surface area contributed by atoms with Crippen molar-refractivity contribution in [2.75, 3.05) is 42.9 Å². The Bertz CT molecular complexity index is 641. The first-order valence-corrected chi connectivity index (χ1v) is 10.5. The van der Waals surface area contributed by atoms with Crippen molar-refractivity contribution in [3.05, 3.63) is 12.1 Å². The van der Waals surface area contributed by atoms with Crippen LogP contribution in [0.1, 0.15) is 46.0 Å². The number of nitrogens with one attached hydrogen (secondary N) is 2. The number of piperidine rings is 1. The number of aliphatic hydroxyl groups is 2. The van der Waals surface area contributed by atoms with Gasteiger partial charge in [-0.15, -0.1) is 0 Å². The number of anilines is 2. The van der Waals surface area contributed by atoms with Gasteiger partial charge in [-0.05, 0) is 44.6 Å². The van der Waals surface area contributed by atoms with E-state index >= 15 is 4.39 Å². The van der Waals surface area contributed by atoms with Crippen LogP contribution in [0.25, 0.3) is 0 Å². The highest BCUT2D eigenvalue weighted by atomic mass is 19.1. The maximum atomic E-state index is 15.1. The molecular formula is C20H34FN5O2. The van der Waals surface area contributed by atoms with Crippen molar-refractivity contribution in [2.24, 2.45) is 11.8 Å². The van der Waals surface area contributed by atoms with Crippen molar-refractivity contribution < 1.29 is 14.6 Å². The van der Waals surface area contributed by atoms with Crippen molar-refractivity contribution in [2.45, 2.75) is 57.7 Å². The van der Waals surface area contributed by atoms with Gasteiger partial charge in [0.25, 0.3) is 0 Å². The average molecular weight is 396 g/mol. The van der Waals surface area contributed by atoms with E-state index in [1.807, 2.05) is 11.8 Å². The highest BCUT2D eigenvalue weighted by molar-refractivity contribution is 5.51. The van der Waals surface area contributed by atoms with Gasteiger partial charge in [0.2, 0.25) is 5.82 Å². The first-order chi connectivity index (χ1) is 13.4. The molecule has 158 valence electrons. The molecule has 1 aliphatic carbocycles. The Morgan fingerprint density at radius 1 is 1.32 bits per heavy atom. The first kappa shape index (κ1) is 21.2. The molecule has 3 rings (SSSR count). The number of aliphatic hydroxyl groups excluding tert-OH is 1. The fourth-order valence-corrected chi connectivity index (χ4v) is 4.24. The smallest absolute Gasteiger partial charge is 0.207 e. The van der Waals surface area contributed by atoms with Crippen LogP contribution in [-0.2, 0) is 0 Å². The highest BCUT2D eigenvalue weighted by Gasteiger charge is 2.38. The molecule has 1 saturated carbocycles. The third kappa shape index (κ3) is 4.90. The molecule has 1 aliphatic heterocycles. The number of hydrogen-bond acceptors (Lipinski definition) is 7. The predicted molar refractivity (Wildman–Crippen MR) is 108 cm³/mol. The number of hydrogen-bond donors (Lipinski definition) is 4. The normalized spacial score (nSPS) is 30.8. The van der Waals surface area contributed by atoms with E-state index in [1.165, 1.54) is 32.0 Å². The number of rotatable bonds is 7. The summed E-state index contributed by atoms with van der Waals surface area (Å²) >= 11 is 0. The molecule has 1 aromatic heterocycles. The van der Waals surface area contributed by atoms with Crippen LogP contribution in [0.15, 0.2) is 6.33 Å². The minimum Gasteiger partial charge on any atom is -0.389 e. The molecule has 1 saturated heterocycles. The van der Waals surface area contributed by atoms with Gasteiger partial charge >= 0.3 is 0 Å². The lowest BCUT2D eigenvalue weighted by Crippen LogP contribution is -2.57. The molecule has 1 aromatic rings. The van der Waals surface area contributed by atoms with Gasteiger partial charge in [-0.25, -0.2) is 9.97 Å². The second-order valence-electron chi connectivity index (χ2n) is 8.45. The van der Waals surface area contributed by atoms with Gasteiger partial charge in [0.05, 0.1) is 6.10 Å². The summed E-state index contributed by atoms with van der Waals surface area (Å²) in [5.41, 5.74) is -1.30. The molecule has 0 bridgehead atoms. The zero-order valence-corrected chi connectivity index (χ0v) is 17.0. The predicted octanol–water partition coefficient (Wildman–Crippen LogP) is 1.77. The summed E-state index contributed by atoms with van der Waals surface area (Å²) < 4.78 is 15.1. The van der Waals surface area contributed by atoms with E-state index in [4.69, 9.17) is 0 Å². The molecule has 4 N–H and O–H groups in total. The van der Waals surface area contributed by atoms with Gasteiger partial charge in [-0.2, -0.15) is 4.39 Å². The maximum absolute atomic E-state index is 15.1. The topological polar surface area (TPSA) is 93.5 Å². The zero-order valence-electron chi connectivity index (χ0n) is 17.0. The minimum absolute atomic E-state index is 0.0376. The fourth-order valence-electron chi connectivity index (χ4n) is 4.24. The standard InChI is InChI=1S/C20H34FN5O2/c1-3-26(11-15-6-4-14(2)5-7-15)19-17(21)18(24-13-25-19)23-12-20(28)8-9-22-10-16(20)27/h13-16,22,27-28H,3-12H2,1-2H3,(H,23,24,25)/t14-,15-,16-,20-/m0/s1. The van der Waals surface area contributed by atoms with Gasteiger partial charge in [-0.3, -0.25) is 0 Å². The highest BCUT2D eigenvalue weighted by Crippen LogP contribution is 2.31. The Hall–Kier alpha value is -1.51. The van der Waals surface area contributed by atoms with Crippen LogP contribution in [-0.4, -0.2) is 64.6 Å². The number of aromatic nitrogens is 2. The molecule has 0 aromatic carbocycles. The van der Waals surface area contributed by atoms with E-state index in [0.717, 1.165) is 12.5 Å². The second-order valence-corrected chi connectivity index (χ2v) is 8.45. The molecule has 0 radical (unpaired) electrons. The van der Waals surface area contributed by atoms with Crippen LogP contribution in [0.2, 0.25) is 0 Å². The van der Waals surface area contributed by atoms with Crippen LogP contribution in [0, 0.1) is 17.7 Å². The third-order valence-electron chi connectivity index (χ3n) is 6.32. The summed E-state index contributed by atoms with van der Waals surface area (Å²) in [7, 11) is 0. The molecule has 0 spiro atoms. The molecule has 28 heavy (non-hydrogen) atoms. The van der Waals surface area contributed by atoms with E-state index in [0.29, 0.717) is 37.8 Å². The third-order valence-corrected chi connectivity index (χ3v) is 6.32. The lowest BCUT2D eigenvalue weighted by atomic mass is 9.83. The molecule has 2 heterocycles. The maximum Gasteiger partial charge on any atom is 0.207 e. The van der Waals surface area contributed by atoms with E-state index in [9.17, 15) is 10.2 Å². The first-order valence-electron chi connectivity index (χ1n) is 10.5. The Kier molecular flexibility index (Phi) is 7.06. The molecule has 7 nitrogen and oxygen atoms in total. The summed E-state index contributed by atoms with van der Waals surface area (Å²) in [5.74, 6) is 1.22. The largest absolute Gasteiger partial charge is 0.389 e. The van der Waals surface area contributed by atoms with Gasteiger partial charge < -0.3 is 25.7 Å². The summed E-state index contributed by atoms with van der Waals surface area (Å²) in [4.78, 5) is 10.2.